The highest BCUT2D eigenvalue weighted by Crippen LogP contribution is 2.08. The second kappa shape index (κ2) is 7.29. The molecule has 1 unspecified atom stereocenters. The molecule has 1 amide bonds. The lowest BCUT2D eigenvalue weighted by atomic mass is 10.2. The van der Waals surface area contributed by atoms with E-state index in [1.165, 1.54) is 7.11 Å². The van der Waals surface area contributed by atoms with Crippen LogP contribution in [0, 0.1) is 0 Å². The minimum Gasteiger partial charge on any atom is -0.480 e. The van der Waals surface area contributed by atoms with Crippen LogP contribution in [-0.4, -0.2) is 36.9 Å². The first kappa shape index (κ1) is 14.0. The van der Waals surface area contributed by atoms with Crippen LogP contribution in [0.25, 0.3) is 0 Å². The van der Waals surface area contributed by atoms with Crippen molar-refractivity contribution in [1.29, 1.82) is 0 Å². The summed E-state index contributed by atoms with van der Waals surface area (Å²) in [5.41, 5.74) is 0. The van der Waals surface area contributed by atoms with Gasteiger partial charge in [-0.15, -0.1) is 0 Å². The molecule has 1 aromatic rings. The van der Waals surface area contributed by atoms with Gasteiger partial charge in [0.1, 0.15) is 11.8 Å². The Labute approximate surface area is 105 Å². The summed E-state index contributed by atoms with van der Waals surface area (Å²) in [7, 11) is 1.46. The average molecular weight is 253 g/mol. The summed E-state index contributed by atoms with van der Waals surface area (Å²) in [6.07, 6.45) is -0.625. The lowest BCUT2D eigenvalue weighted by molar-refractivity contribution is -0.139. The quantitative estimate of drug-likeness (QED) is 0.797. The lowest BCUT2D eigenvalue weighted by Gasteiger charge is -2.13. The van der Waals surface area contributed by atoms with Crippen molar-refractivity contribution >= 4 is 12.1 Å². The predicted molar refractivity (Wildman–Crippen MR) is 63.5 cm³/mol. The third kappa shape index (κ3) is 4.84. The van der Waals surface area contributed by atoms with Crippen LogP contribution in [-0.2, 0) is 9.53 Å². The van der Waals surface area contributed by atoms with Crippen molar-refractivity contribution in [3.63, 3.8) is 0 Å². The van der Waals surface area contributed by atoms with Gasteiger partial charge in [0, 0.05) is 20.1 Å². The van der Waals surface area contributed by atoms with E-state index < -0.39 is 18.1 Å². The second-order valence-corrected chi connectivity index (χ2v) is 3.52. The summed E-state index contributed by atoms with van der Waals surface area (Å²) in [5.74, 6) is -0.775. The van der Waals surface area contributed by atoms with Crippen molar-refractivity contribution in [1.82, 2.24) is 5.32 Å². The molecule has 1 aromatic carbocycles. The Hall–Kier alpha value is -2.08. The van der Waals surface area contributed by atoms with Crippen LogP contribution in [0.5, 0.6) is 5.75 Å². The Morgan fingerprint density at radius 2 is 2.00 bits per heavy atom. The van der Waals surface area contributed by atoms with E-state index in [0.29, 0.717) is 5.75 Å². The second-order valence-electron chi connectivity index (χ2n) is 3.52. The molecule has 0 fully saturated rings. The van der Waals surface area contributed by atoms with Crippen molar-refractivity contribution in [3.8, 4) is 5.75 Å². The molecule has 2 N–H and O–H groups in total. The van der Waals surface area contributed by atoms with E-state index >= 15 is 0 Å². The highest BCUT2D eigenvalue weighted by molar-refractivity contribution is 5.80. The standard InChI is InChI=1S/C12H15NO5/c1-17-8-7-10(11(14)15)13-12(16)18-9-5-3-2-4-6-9/h2-6,10H,7-8H2,1H3,(H,13,16)(H,14,15). The summed E-state index contributed by atoms with van der Waals surface area (Å²) in [6.45, 7) is 0.239. The third-order valence-corrected chi connectivity index (χ3v) is 2.15. The molecule has 6 heteroatoms. The van der Waals surface area contributed by atoms with Gasteiger partial charge in [0.05, 0.1) is 0 Å². The fraction of sp³-hybridized carbons (Fsp3) is 0.333. The predicted octanol–water partition coefficient (Wildman–Crippen LogP) is 1.26. The van der Waals surface area contributed by atoms with Crippen LogP contribution in [0.15, 0.2) is 30.3 Å². The summed E-state index contributed by atoms with van der Waals surface area (Å²) < 4.78 is 9.69. The number of benzene rings is 1. The Bertz CT molecular complexity index is 393. The average Bonchev–Trinajstić information content (AvgIpc) is 2.35. The maximum atomic E-state index is 11.5. The normalized spacial score (nSPS) is 11.6. The first-order chi connectivity index (χ1) is 8.63. The number of hydrogen-bond donors (Lipinski definition) is 2. The number of rotatable bonds is 6. The number of carboxylic acids is 1. The van der Waals surface area contributed by atoms with Gasteiger partial charge in [0.25, 0.3) is 0 Å². The van der Waals surface area contributed by atoms with Crippen LogP contribution >= 0.6 is 0 Å². The van der Waals surface area contributed by atoms with E-state index in [1.807, 2.05) is 0 Å². The fourth-order valence-electron chi connectivity index (χ4n) is 1.26. The zero-order valence-corrected chi connectivity index (χ0v) is 9.96. The van der Waals surface area contributed by atoms with Gasteiger partial charge in [0.2, 0.25) is 0 Å². The van der Waals surface area contributed by atoms with Crippen molar-refractivity contribution in [3.05, 3.63) is 30.3 Å². The summed E-state index contributed by atoms with van der Waals surface area (Å²) in [6, 6.07) is 7.38. The summed E-state index contributed by atoms with van der Waals surface area (Å²) >= 11 is 0. The zero-order valence-electron chi connectivity index (χ0n) is 9.96. The molecule has 1 rings (SSSR count). The molecule has 0 bridgehead atoms. The van der Waals surface area contributed by atoms with Crippen LogP contribution in [0.3, 0.4) is 0 Å². The van der Waals surface area contributed by atoms with Gasteiger partial charge in [-0.3, -0.25) is 0 Å². The lowest BCUT2D eigenvalue weighted by Crippen LogP contribution is -2.42. The van der Waals surface area contributed by atoms with Gasteiger partial charge >= 0.3 is 12.1 Å². The molecule has 0 aliphatic heterocycles. The van der Waals surface area contributed by atoms with Gasteiger partial charge in [-0.25, -0.2) is 9.59 Å². The number of carbonyl (C=O) groups is 2. The van der Waals surface area contributed by atoms with Gasteiger partial charge in [-0.05, 0) is 12.1 Å². The van der Waals surface area contributed by atoms with E-state index in [-0.39, 0.29) is 13.0 Å². The van der Waals surface area contributed by atoms with Crippen LogP contribution < -0.4 is 10.1 Å². The molecule has 0 aromatic heterocycles. The largest absolute Gasteiger partial charge is 0.480 e. The van der Waals surface area contributed by atoms with E-state index in [9.17, 15) is 9.59 Å². The highest BCUT2D eigenvalue weighted by Gasteiger charge is 2.20. The van der Waals surface area contributed by atoms with Crippen molar-refractivity contribution < 1.29 is 24.2 Å². The van der Waals surface area contributed by atoms with Crippen LogP contribution in [0.1, 0.15) is 6.42 Å². The molecular formula is C12H15NO5. The fourth-order valence-corrected chi connectivity index (χ4v) is 1.26. The number of para-hydroxylation sites is 1. The molecule has 0 saturated carbocycles. The molecule has 18 heavy (non-hydrogen) atoms. The molecule has 0 aliphatic carbocycles. The van der Waals surface area contributed by atoms with E-state index in [2.05, 4.69) is 5.32 Å². The molecule has 0 spiro atoms. The molecule has 0 radical (unpaired) electrons. The van der Waals surface area contributed by atoms with Crippen molar-refractivity contribution in [2.75, 3.05) is 13.7 Å². The minimum absolute atomic E-state index is 0.176. The Balaban J connectivity index is 2.48. The smallest absolute Gasteiger partial charge is 0.413 e. The molecule has 1 atom stereocenters. The molecular weight excluding hydrogens is 238 g/mol. The van der Waals surface area contributed by atoms with E-state index in [0.717, 1.165) is 0 Å². The summed E-state index contributed by atoms with van der Waals surface area (Å²) in [5, 5.41) is 11.1. The molecule has 0 heterocycles. The Morgan fingerprint density at radius 3 is 2.56 bits per heavy atom. The maximum Gasteiger partial charge on any atom is 0.413 e. The SMILES string of the molecule is COCCC(NC(=O)Oc1ccccc1)C(=O)O. The molecule has 6 nitrogen and oxygen atoms in total. The van der Waals surface area contributed by atoms with E-state index in [1.54, 1.807) is 30.3 Å². The molecule has 98 valence electrons. The van der Waals surface area contributed by atoms with Gasteiger partial charge < -0.3 is 19.9 Å². The number of carboxylic acid groups (broad SMARTS) is 1. The van der Waals surface area contributed by atoms with Gasteiger partial charge in [0.15, 0.2) is 0 Å². The number of ether oxygens (including phenoxy) is 2. The number of aliphatic carboxylic acids is 1. The van der Waals surface area contributed by atoms with Gasteiger partial charge in [-0.1, -0.05) is 18.2 Å². The number of amides is 1. The number of nitrogens with one attached hydrogen (secondary N) is 1. The molecule has 0 aliphatic rings. The molecule has 0 saturated heterocycles. The monoisotopic (exact) mass is 253 g/mol. The summed E-state index contributed by atoms with van der Waals surface area (Å²) in [4.78, 5) is 22.3. The highest BCUT2D eigenvalue weighted by atomic mass is 16.6. The Kier molecular flexibility index (Phi) is 5.66. The first-order valence-corrected chi connectivity index (χ1v) is 5.38. The Morgan fingerprint density at radius 1 is 1.33 bits per heavy atom. The maximum absolute atomic E-state index is 11.5. The van der Waals surface area contributed by atoms with Crippen molar-refractivity contribution in [2.45, 2.75) is 12.5 Å². The van der Waals surface area contributed by atoms with Crippen LogP contribution in [0.2, 0.25) is 0 Å². The number of hydrogen-bond acceptors (Lipinski definition) is 4. The van der Waals surface area contributed by atoms with E-state index in [4.69, 9.17) is 14.6 Å². The van der Waals surface area contributed by atoms with Crippen molar-refractivity contribution in [2.24, 2.45) is 0 Å². The third-order valence-electron chi connectivity index (χ3n) is 2.15. The number of carbonyl (C=O) groups excluding carboxylic acids is 1. The topological polar surface area (TPSA) is 84.9 Å². The number of methoxy groups -OCH3 is 1. The van der Waals surface area contributed by atoms with Gasteiger partial charge in [-0.2, -0.15) is 0 Å². The first-order valence-electron chi connectivity index (χ1n) is 5.38. The minimum atomic E-state index is -1.13. The zero-order chi connectivity index (χ0) is 13.4. The van der Waals surface area contributed by atoms with Crippen LogP contribution in [0.4, 0.5) is 4.79 Å².